The van der Waals surface area contributed by atoms with E-state index in [0.717, 1.165) is 41.3 Å². The van der Waals surface area contributed by atoms with Gasteiger partial charge in [0.25, 0.3) is 0 Å². The van der Waals surface area contributed by atoms with Crippen molar-refractivity contribution >= 4 is 11.3 Å². The average Bonchev–Trinajstić information content (AvgIpc) is 2.93. The van der Waals surface area contributed by atoms with Crippen LogP contribution in [-0.4, -0.2) is 29.3 Å². The number of aliphatic hydroxyl groups is 1. The normalized spacial score (nSPS) is 17.6. The van der Waals surface area contributed by atoms with Gasteiger partial charge in [-0.1, -0.05) is 0 Å². The molecule has 1 saturated carbocycles. The molecule has 0 bridgehead atoms. The highest BCUT2D eigenvalue weighted by molar-refractivity contribution is 7.15. The van der Waals surface area contributed by atoms with Gasteiger partial charge in [0, 0.05) is 23.0 Å². The lowest BCUT2D eigenvalue weighted by Gasteiger charge is -2.37. The number of methoxy groups -OCH3 is 1. The zero-order chi connectivity index (χ0) is 16.4. The highest BCUT2D eigenvalue weighted by Gasteiger charge is 2.34. The molecule has 2 N–H and O–H groups in total. The van der Waals surface area contributed by atoms with E-state index in [-0.39, 0.29) is 6.04 Å². The van der Waals surface area contributed by atoms with Gasteiger partial charge in [-0.05, 0) is 57.4 Å². The average molecular weight is 332 g/mol. The molecule has 1 aliphatic carbocycles. The Kier molecular flexibility index (Phi) is 4.71. The van der Waals surface area contributed by atoms with E-state index >= 15 is 0 Å². The number of hydrogen-bond acceptors (Lipinski definition) is 5. The van der Waals surface area contributed by atoms with Crippen molar-refractivity contribution in [2.45, 2.75) is 44.8 Å². The summed E-state index contributed by atoms with van der Waals surface area (Å²) in [6, 6.07) is 8.19. The Morgan fingerprint density at radius 3 is 2.61 bits per heavy atom. The van der Waals surface area contributed by atoms with Gasteiger partial charge in [0.1, 0.15) is 10.8 Å². The Morgan fingerprint density at radius 1 is 1.35 bits per heavy atom. The van der Waals surface area contributed by atoms with E-state index in [0.29, 0.717) is 6.54 Å². The third-order valence-corrected chi connectivity index (χ3v) is 5.97. The number of nitrogens with one attached hydrogen (secondary N) is 1. The van der Waals surface area contributed by atoms with Gasteiger partial charge < -0.3 is 15.2 Å². The first-order valence-electron chi connectivity index (χ1n) is 8.08. The van der Waals surface area contributed by atoms with Crippen molar-refractivity contribution in [1.29, 1.82) is 0 Å². The zero-order valence-electron chi connectivity index (χ0n) is 13.9. The third-order valence-electron chi connectivity index (χ3n) is 4.58. The molecule has 1 aliphatic rings. The van der Waals surface area contributed by atoms with E-state index in [1.807, 2.05) is 24.3 Å². The number of aryl methyl sites for hydroxylation is 1. The number of hydrogen-bond donors (Lipinski definition) is 2. The predicted molar refractivity (Wildman–Crippen MR) is 94.1 cm³/mol. The van der Waals surface area contributed by atoms with Crippen molar-refractivity contribution in [1.82, 2.24) is 10.3 Å². The molecule has 23 heavy (non-hydrogen) atoms. The first-order chi connectivity index (χ1) is 11.0. The Balaban J connectivity index is 1.71. The van der Waals surface area contributed by atoms with E-state index in [4.69, 9.17) is 9.72 Å². The van der Waals surface area contributed by atoms with Crippen molar-refractivity contribution in [3.05, 3.63) is 34.8 Å². The van der Waals surface area contributed by atoms with Crippen molar-refractivity contribution in [2.75, 3.05) is 13.7 Å². The van der Waals surface area contributed by atoms with Crippen LogP contribution in [0.3, 0.4) is 0 Å². The van der Waals surface area contributed by atoms with Gasteiger partial charge in [-0.25, -0.2) is 4.98 Å². The van der Waals surface area contributed by atoms with Crippen LogP contribution in [0.25, 0.3) is 10.6 Å². The van der Waals surface area contributed by atoms with Crippen LogP contribution in [0.5, 0.6) is 5.75 Å². The molecule has 1 fully saturated rings. The first-order valence-corrected chi connectivity index (χ1v) is 8.90. The molecule has 0 aliphatic heterocycles. The van der Waals surface area contributed by atoms with E-state index in [1.54, 1.807) is 18.4 Å². The van der Waals surface area contributed by atoms with Crippen LogP contribution in [-0.2, 0) is 0 Å². The molecule has 0 radical (unpaired) electrons. The minimum absolute atomic E-state index is 0.198. The number of rotatable bonds is 6. The van der Waals surface area contributed by atoms with E-state index in [2.05, 4.69) is 19.2 Å². The summed E-state index contributed by atoms with van der Waals surface area (Å²) in [5.74, 6) is 0.853. The summed E-state index contributed by atoms with van der Waals surface area (Å²) >= 11 is 1.71. The maximum Gasteiger partial charge on any atom is 0.123 e. The summed E-state index contributed by atoms with van der Waals surface area (Å²) in [4.78, 5) is 5.95. The second-order valence-electron chi connectivity index (χ2n) is 6.38. The zero-order valence-corrected chi connectivity index (χ0v) is 14.7. The number of ether oxygens (including phenoxy) is 1. The first kappa shape index (κ1) is 16.4. The molecule has 1 atom stereocenters. The molecular weight excluding hydrogens is 308 g/mol. The molecule has 1 unspecified atom stereocenters. The molecule has 1 aromatic heterocycles. The lowest BCUT2D eigenvalue weighted by Crippen LogP contribution is -2.46. The second-order valence-corrected chi connectivity index (χ2v) is 7.41. The molecule has 1 heterocycles. The highest BCUT2D eigenvalue weighted by Crippen LogP contribution is 2.34. The maximum absolute atomic E-state index is 10.2. The van der Waals surface area contributed by atoms with Crippen LogP contribution in [0.1, 0.15) is 42.8 Å². The van der Waals surface area contributed by atoms with Crippen LogP contribution in [0, 0.1) is 6.92 Å². The molecule has 3 rings (SSSR count). The predicted octanol–water partition coefficient (Wildman–Crippen LogP) is 3.69. The fraction of sp³-hybridized carbons (Fsp3) is 0.500. The SMILES string of the molecule is COc1ccc(-c2nc(C)c(C(C)NCC3(O)CCC3)s2)cc1. The second kappa shape index (κ2) is 6.59. The molecule has 2 aromatic rings. The third kappa shape index (κ3) is 3.57. The summed E-state index contributed by atoms with van der Waals surface area (Å²) in [6.45, 7) is 4.85. The van der Waals surface area contributed by atoms with E-state index in [9.17, 15) is 5.11 Å². The van der Waals surface area contributed by atoms with Gasteiger partial charge in [0.2, 0.25) is 0 Å². The topological polar surface area (TPSA) is 54.4 Å². The van der Waals surface area contributed by atoms with Crippen LogP contribution < -0.4 is 10.1 Å². The number of benzene rings is 1. The quantitative estimate of drug-likeness (QED) is 0.847. The van der Waals surface area contributed by atoms with Gasteiger partial charge in [0.15, 0.2) is 0 Å². The van der Waals surface area contributed by atoms with Crippen molar-refractivity contribution in [3.8, 4) is 16.3 Å². The molecule has 124 valence electrons. The van der Waals surface area contributed by atoms with Gasteiger partial charge in [0.05, 0.1) is 18.4 Å². The lowest BCUT2D eigenvalue weighted by atomic mass is 9.80. The molecule has 0 saturated heterocycles. The van der Waals surface area contributed by atoms with Crippen LogP contribution in [0.15, 0.2) is 24.3 Å². The summed E-state index contributed by atoms with van der Waals surface area (Å²) in [5, 5.41) is 14.7. The van der Waals surface area contributed by atoms with Gasteiger partial charge >= 0.3 is 0 Å². The molecule has 0 amide bonds. The van der Waals surface area contributed by atoms with Crippen molar-refractivity contribution < 1.29 is 9.84 Å². The standard InChI is InChI=1S/C18H24N2O2S/c1-12(19-11-18(21)9-4-10-18)16-13(2)20-17(23-16)14-5-7-15(22-3)8-6-14/h5-8,12,19,21H,4,9-11H2,1-3H3. The van der Waals surface area contributed by atoms with Crippen molar-refractivity contribution in [3.63, 3.8) is 0 Å². The summed E-state index contributed by atoms with van der Waals surface area (Å²) in [7, 11) is 1.67. The largest absolute Gasteiger partial charge is 0.497 e. The number of nitrogens with zero attached hydrogens (tertiary/aromatic N) is 1. The fourth-order valence-corrected chi connectivity index (χ4v) is 3.96. The summed E-state index contributed by atoms with van der Waals surface area (Å²) in [5.41, 5.74) is 1.67. The van der Waals surface area contributed by atoms with Crippen LogP contribution in [0.4, 0.5) is 0 Å². The lowest BCUT2D eigenvalue weighted by molar-refractivity contribution is -0.0328. The van der Waals surface area contributed by atoms with E-state index < -0.39 is 5.60 Å². The molecule has 4 nitrogen and oxygen atoms in total. The highest BCUT2D eigenvalue weighted by atomic mass is 32.1. The Hall–Kier alpha value is -1.43. The molecule has 1 aromatic carbocycles. The molecular formula is C18H24N2O2S. The fourth-order valence-electron chi connectivity index (χ4n) is 2.86. The number of aromatic nitrogens is 1. The van der Waals surface area contributed by atoms with Crippen LogP contribution in [0.2, 0.25) is 0 Å². The van der Waals surface area contributed by atoms with Crippen molar-refractivity contribution in [2.24, 2.45) is 0 Å². The minimum atomic E-state index is -0.494. The van der Waals surface area contributed by atoms with E-state index in [1.165, 1.54) is 4.88 Å². The van der Waals surface area contributed by atoms with Crippen LogP contribution >= 0.6 is 11.3 Å². The summed E-state index contributed by atoms with van der Waals surface area (Å²) < 4.78 is 5.20. The smallest absolute Gasteiger partial charge is 0.123 e. The Labute approximate surface area is 141 Å². The van der Waals surface area contributed by atoms with Gasteiger partial charge in [-0.3, -0.25) is 0 Å². The van der Waals surface area contributed by atoms with Gasteiger partial charge in [-0.15, -0.1) is 11.3 Å². The minimum Gasteiger partial charge on any atom is -0.497 e. The maximum atomic E-state index is 10.2. The summed E-state index contributed by atoms with van der Waals surface area (Å²) in [6.07, 6.45) is 2.95. The number of thiazole rings is 1. The Morgan fingerprint density at radius 2 is 2.04 bits per heavy atom. The van der Waals surface area contributed by atoms with Gasteiger partial charge in [-0.2, -0.15) is 0 Å². The monoisotopic (exact) mass is 332 g/mol. The molecule has 5 heteroatoms. The Bertz CT molecular complexity index is 662. The molecule has 0 spiro atoms.